The fourth-order valence-electron chi connectivity index (χ4n) is 9.99. The molecule has 0 unspecified atom stereocenters. The van der Waals surface area contributed by atoms with Crippen LogP contribution in [-0.2, 0) is 18.3 Å². The Morgan fingerprint density at radius 2 is 1.14 bits per heavy atom. The number of allylic oxidation sites excluding steroid dienone is 2. The van der Waals surface area contributed by atoms with Crippen molar-refractivity contribution in [2.45, 2.75) is 31.1 Å². The van der Waals surface area contributed by atoms with Gasteiger partial charge in [0.05, 0.1) is 16.8 Å². The van der Waals surface area contributed by atoms with Crippen molar-refractivity contribution < 1.29 is 4.74 Å². The lowest BCUT2D eigenvalue weighted by Gasteiger charge is -2.39. The molecule has 3 aliphatic carbocycles. The van der Waals surface area contributed by atoms with Gasteiger partial charge in [0.25, 0.3) is 0 Å². The molecule has 4 nitrogen and oxygen atoms in total. The van der Waals surface area contributed by atoms with E-state index in [2.05, 4.69) is 162 Å². The average molecular weight is 732 g/mol. The van der Waals surface area contributed by atoms with E-state index in [-0.39, 0.29) is 0 Å². The first-order chi connectivity index (χ1) is 28.3. The van der Waals surface area contributed by atoms with E-state index in [1.807, 2.05) is 18.2 Å². The van der Waals surface area contributed by atoms with Crippen molar-refractivity contribution in [3.63, 3.8) is 0 Å². The van der Waals surface area contributed by atoms with Gasteiger partial charge in [0.1, 0.15) is 11.5 Å². The number of aromatic nitrogens is 3. The maximum atomic E-state index is 6.74. The molecule has 4 heteroatoms. The molecule has 6 aromatic carbocycles. The smallest absolute Gasteiger partial charge is 0.160 e. The molecule has 0 atom stereocenters. The monoisotopic (exact) mass is 731 g/mol. The van der Waals surface area contributed by atoms with Crippen LogP contribution < -0.4 is 4.74 Å². The van der Waals surface area contributed by atoms with E-state index < -0.39 is 5.41 Å². The molecule has 1 aliphatic heterocycles. The normalized spacial score (nSPS) is 14.9. The van der Waals surface area contributed by atoms with Gasteiger partial charge in [-0.15, -0.1) is 0 Å². The number of fused-ring (bicyclic) bond motifs is 12. The van der Waals surface area contributed by atoms with Crippen LogP contribution >= 0.6 is 0 Å². The number of para-hydroxylation sites is 1. The number of nitrogens with zero attached hydrogens (tertiary/aromatic N) is 3. The van der Waals surface area contributed by atoms with Gasteiger partial charge in [0, 0.05) is 44.9 Å². The van der Waals surface area contributed by atoms with Crippen LogP contribution in [0.3, 0.4) is 0 Å². The molecular formula is C53H37N3O. The SMILES string of the molecule is C1=Cc2c(c3c(n2-c2ccc(-c4cc(-c5ccc6c(c5)C5(c7ccccc7O6)c6ccccc6-c6ccccc65)nc(-c5ccccc5)n4)cc2)CCC=C3)CC1. The minimum absolute atomic E-state index is 0.552. The summed E-state index contributed by atoms with van der Waals surface area (Å²) < 4.78 is 9.22. The highest BCUT2D eigenvalue weighted by Gasteiger charge is 2.51. The Labute approximate surface area is 332 Å². The zero-order valence-corrected chi connectivity index (χ0v) is 31.3. The zero-order valence-electron chi connectivity index (χ0n) is 31.3. The Hall–Kier alpha value is -7.04. The van der Waals surface area contributed by atoms with Crippen molar-refractivity contribution in [3.8, 4) is 62.2 Å². The summed E-state index contributed by atoms with van der Waals surface area (Å²) in [5.41, 5.74) is 18.4. The number of benzene rings is 6. The maximum absolute atomic E-state index is 6.74. The molecule has 0 radical (unpaired) electrons. The second-order valence-electron chi connectivity index (χ2n) is 15.5. The van der Waals surface area contributed by atoms with Crippen molar-refractivity contribution in [2.75, 3.05) is 0 Å². The standard InChI is InChI=1S/C53H37N3O/c1-2-14-35(15-3-1)52-54-46(34-26-29-37(30-27-34)56-48-23-11-6-18-40(48)41-19-7-12-24-49(41)56)33-47(55-52)36-28-31-51-45(32-36)53(44-22-10-13-25-50(44)57-51)42-20-8-4-16-38(42)39-17-5-9-21-43(39)53/h1-6,8-10,12-18,20-22,24-33H,7,11,19,23H2. The third kappa shape index (κ3) is 4.74. The van der Waals surface area contributed by atoms with Crippen LogP contribution in [0.1, 0.15) is 57.6 Å². The molecule has 0 saturated carbocycles. The molecule has 270 valence electrons. The lowest BCUT2D eigenvalue weighted by atomic mass is 9.66. The van der Waals surface area contributed by atoms with E-state index in [9.17, 15) is 0 Å². The highest BCUT2D eigenvalue weighted by molar-refractivity contribution is 5.89. The first-order valence-electron chi connectivity index (χ1n) is 20.0. The molecule has 0 N–H and O–H groups in total. The highest BCUT2D eigenvalue weighted by Crippen LogP contribution is 2.62. The molecule has 57 heavy (non-hydrogen) atoms. The average Bonchev–Trinajstić information content (AvgIpc) is 3.78. The second-order valence-corrected chi connectivity index (χ2v) is 15.5. The molecule has 0 bridgehead atoms. The summed E-state index contributed by atoms with van der Waals surface area (Å²) in [5.74, 6) is 2.44. The van der Waals surface area contributed by atoms with Gasteiger partial charge in [-0.2, -0.15) is 0 Å². The van der Waals surface area contributed by atoms with E-state index in [4.69, 9.17) is 14.7 Å². The summed E-state index contributed by atoms with van der Waals surface area (Å²) in [4.78, 5) is 10.5. The molecule has 8 aromatic rings. The summed E-state index contributed by atoms with van der Waals surface area (Å²) in [7, 11) is 0. The van der Waals surface area contributed by atoms with Crippen molar-refractivity contribution in [2.24, 2.45) is 0 Å². The van der Waals surface area contributed by atoms with E-state index in [0.717, 1.165) is 76.4 Å². The Balaban J connectivity index is 1.03. The minimum Gasteiger partial charge on any atom is -0.457 e. The van der Waals surface area contributed by atoms with Gasteiger partial charge in [-0.25, -0.2) is 9.97 Å². The molecule has 0 fully saturated rings. The van der Waals surface area contributed by atoms with Crippen LogP contribution in [0.15, 0.2) is 164 Å². The van der Waals surface area contributed by atoms with E-state index >= 15 is 0 Å². The van der Waals surface area contributed by atoms with E-state index in [1.54, 1.807) is 0 Å². The first-order valence-corrected chi connectivity index (χ1v) is 20.0. The quantitative estimate of drug-likeness (QED) is 0.181. The number of rotatable bonds is 4. The van der Waals surface area contributed by atoms with Gasteiger partial charge in [-0.3, -0.25) is 0 Å². The Morgan fingerprint density at radius 3 is 1.93 bits per heavy atom. The number of hydrogen-bond acceptors (Lipinski definition) is 3. The Bertz CT molecular complexity index is 2940. The minimum atomic E-state index is -0.552. The molecule has 12 rings (SSSR count). The Morgan fingerprint density at radius 1 is 0.509 bits per heavy atom. The molecule has 0 saturated heterocycles. The lowest BCUT2D eigenvalue weighted by molar-refractivity contribution is 0.436. The topological polar surface area (TPSA) is 39.9 Å². The molecule has 2 aromatic heterocycles. The Kier molecular flexibility index (Phi) is 7.06. The van der Waals surface area contributed by atoms with Gasteiger partial charge in [-0.05, 0) is 108 Å². The molecular weight excluding hydrogens is 695 g/mol. The predicted molar refractivity (Wildman–Crippen MR) is 230 cm³/mol. The first kappa shape index (κ1) is 32.2. The third-order valence-corrected chi connectivity index (χ3v) is 12.4. The van der Waals surface area contributed by atoms with Crippen molar-refractivity contribution in [1.82, 2.24) is 14.5 Å². The van der Waals surface area contributed by atoms with Crippen molar-refractivity contribution in [3.05, 3.63) is 209 Å². The summed E-state index contributed by atoms with van der Waals surface area (Å²) in [5, 5.41) is 0. The van der Waals surface area contributed by atoms with E-state index in [1.165, 1.54) is 50.5 Å². The van der Waals surface area contributed by atoms with Crippen LogP contribution in [0.2, 0.25) is 0 Å². The predicted octanol–water partition coefficient (Wildman–Crippen LogP) is 12.7. The zero-order chi connectivity index (χ0) is 37.5. The number of ether oxygens (including phenoxy) is 1. The van der Waals surface area contributed by atoms with E-state index in [0.29, 0.717) is 5.82 Å². The van der Waals surface area contributed by atoms with Crippen molar-refractivity contribution >= 4 is 12.2 Å². The van der Waals surface area contributed by atoms with Crippen LogP contribution in [0.25, 0.3) is 62.9 Å². The number of hydrogen-bond donors (Lipinski definition) is 0. The molecule has 3 heterocycles. The molecule has 4 aliphatic rings. The lowest BCUT2D eigenvalue weighted by Crippen LogP contribution is -2.32. The highest BCUT2D eigenvalue weighted by atomic mass is 16.5. The van der Waals surface area contributed by atoms with Crippen LogP contribution in [-0.4, -0.2) is 14.5 Å². The summed E-state index contributed by atoms with van der Waals surface area (Å²) in [6, 6.07) is 54.2. The van der Waals surface area contributed by atoms with Gasteiger partial charge in [0.15, 0.2) is 5.82 Å². The summed E-state index contributed by atoms with van der Waals surface area (Å²) in [6.45, 7) is 0. The van der Waals surface area contributed by atoms with Crippen LogP contribution in [0.4, 0.5) is 0 Å². The van der Waals surface area contributed by atoms with Crippen molar-refractivity contribution in [1.29, 1.82) is 0 Å². The molecule has 0 amide bonds. The largest absolute Gasteiger partial charge is 0.457 e. The summed E-state index contributed by atoms with van der Waals surface area (Å²) in [6.07, 6.45) is 13.6. The van der Waals surface area contributed by atoms with Crippen LogP contribution in [0.5, 0.6) is 11.5 Å². The summed E-state index contributed by atoms with van der Waals surface area (Å²) >= 11 is 0. The third-order valence-electron chi connectivity index (χ3n) is 12.4. The molecule has 1 spiro atoms. The fourth-order valence-corrected chi connectivity index (χ4v) is 9.99. The fraction of sp³-hybridized carbons (Fsp3) is 0.0943. The van der Waals surface area contributed by atoms with Gasteiger partial charge in [-0.1, -0.05) is 127 Å². The van der Waals surface area contributed by atoms with Gasteiger partial charge >= 0.3 is 0 Å². The van der Waals surface area contributed by atoms with Gasteiger partial charge < -0.3 is 9.30 Å². The maximum Gasteiger partial charge on any atom is 0.160 e. The van der Waals surface area contributed by atoms with Gasteiger partial charge in [0.2, 0.25) is 0 Å². The second kappa shape index (κ2) is 12.5. The van der Waals surface area contributed by atoms with Crippen LogP contribution in [0, 0.1) is 0 Å².